The number of nitrogens with two attached hydrogens (primary N) is 3. The minimum absolute atomic E-state index is 0.0102. The van der Waals surface area contributed by atoms with Crippen molar-refractivity contribution >= 4 is 47.3 Å². The number of nitrogens with zero attached hydrogens (tertiary/aromatic N) is 1. The predicted octanol–water partition coefficient (Wildman–Crippen LogP) is -4.03. The maximum atomic E-state index is 14.3. The summed E-state index contributed by atoms with van der Waals surface area (Å²) in [5.41, 5.74) is 18.4. The van der Waals surface area contributed by atoms with Gasteiger partial charge in [-0.15, -0.1) is 0 Å². The number of hydrogen-bond donors (Lipinski definition) is 9. The van der Waals surface area contributed by atoms with Gasteiger partial charge in [0.15, 0.2) is 23.4 Å². The van der Waals surface area contributed by atoms with Crippen LogP contribution in [-0.4, -0.2) is 125 Å². The Kier molecular flexibility index (Phi) is 17.2. The number of allylic oxidation sites excluding steroid dienone is 1. The Morgan fingerprint density at radius 3 is 2.38 bits per heavy atom. The zero-order valence-corrected chi connectivity index (χ0v) is 27.7. The number of carboxylic acids is 1. The first-order valence-corrected chi connectivity index (χ1v) is 15.9. The summed E-state index contributed by atoms with van der Waals surface area (Å²) in [6.45, 7) is -0.487. The number of carbonyl (C=O) groups excluding carboxylic acids is 7. The minimum Gasteiger partial charge on any atom is -0.481 e. The van der Waals surface area contributed by atoms with Crippen LogP contribution in [0.5, 0.6) is 0 Å². The van der Waals surface area contributed by atoms with Crippen molar-refractivity contribution in [3.63, 3.8) is 0 Å². The Morgan fingerprint density at radius 2 is 1.78 bits per heavy atom. The van der Waals surface area contributed by atoms with Crippen molar-refractivity contribution in [2.75, 3.05) is 19.8 Å². The van der Waals surface area contributed by atoms with Crippen molar-refractivity contribution in [3.05, 3.63) is 48.0 Å². The van der Waals surface area contributed by atoms with E-state index in [1.807, 2.05) is 0 Å². The third-order valence-electron chi connectivity index (χ3n) is 7.76. The molecule has 274 valence electrons. The van der Waals surface area contributed by atoms with Crippen molar-refractivity contribution in [2.45, 2.75) is 81.5 Å². The Labute approximate surface area is 288 Å². The molecule has 0 fully saturated rings. The van der Waals surface area contributed by atoms with E-state index in [0.717, 1.165) is 4.90 Å². The largest absolute Gasteiger partial charge is 0.481 e. The van der Waals surface area contributed by atoms with Crippen LogP contribution in [0.3, 0.4) is 0 Å². The van der Waals surface area contributed by atoms with E-state index in [-0.39, 0.29) is 25.7 Å². The molecule has 0 saturated carbocycles. The van der Waals surface area contributed by atoms with Gasteiger partial charge in [0.2, 0.25) is 11.8 Å². The van der Waals surface area contributed by atoms with E-state index in [1.54, 1.807) is 30.3 Å². The number of hydrogen-bond acceptors (Lipinski definition) is 14. The number of aliphatic hydroxyl groups excluding tert-OH is 1. The summed E-state index contributed by atoms with van der Waals surface area (Å²) in [5, 5.41) is 28.9. The lowest BCUT2D eigenvalue weighted by Gasteiger charge is -2.34. The molecule has 2 rings (SSSR count). The molecule has 7 atom stereocenters. The average Bonchev–Trinajstić information content (AvgIpc) is 3.07. The number of amides is 3. The second-order valence-electron chi connectivity index (χ2n) is 11.6. The van der Waals surface area contributed by atoms with Gasteiger partial charge in [-0.05, 0) is 31.7 Å². The standard InChI is InChI=1S/C32H46N8O10/c1-18(42)25(35)29(48)26-32(50)40(27(31(49)37-17-33)28(47)21(34)14-19-8-4-2-5-9-19)13-7-3-6-10-23(44)39-30(22(43)15-36-26)38-20(16-41)11-12-24(45)46/h2-5,7-9,16,18,20-21,25-27,30,36,38,42H,6,10-15,17,33-35H2,1H3,(H,37,49)(H,39,44)(H,45,46)/t18-,20+,21-,25-,26-,27-,30+/m0/s1. The van der Waals surface area contributed by atoms with E-state index >= 15 is 0 Å². The first-order chi connectivity index (χ1) is 23.7. The topological polar surface area (TPSA) is 306 Å². The van der Waals surface area contributed by atoms with Gasteiger partial charge in [-0.1, -0.05) is 42.5 Å². The van der Waals surface area contributed by atoms with E-state index in [2.05, 4.69) is 21.3 Å². The number of aliphatic hydroxyl groups is 1. The number of benzene rings is 1. The lowest BCUT2D eigenvalue weighted by Crippen LogP contribution is -2.65. The lowest BCUT2D eigenvalue weighted by atomic mass is 9.95. The lowest BCUT2D eigenvalue weighted by molar-refractivity contribution is -0.150. The van der Waals surface area contributed by atoms with Crippen LogP contribution < -0.4 is 38.5 Å². The minimum atomic E-state index is -2.02. The van der Waals surface area contributed by atoms with Gasteiger partial charge in [0.25, 0.3) is 5.91 Å². The monoisotopic (exact) mass is 702 g/mol. The maximum Gasteiger partial charge on any atom is 0.303 e. The van der Waals surface area contributed by atoms with Crippen LogP contribution in [0.4, 0.5) is 0 Å². The Balaban J connectivity index is 2.59. The fourth-order valence-corrected chi connectivity index (χ4v) is 4.98. The van der Waals surface area contributed by atoms with Crippen LogP contribution in [0.2, 0.25) is 0 Å². The normalized spacial score (nSPS) is 20.7. The SMILES string of the molecule is C[C@H](O)[C@H](N)C(=O)[C@@H]1NCC(=O)[C@H](N[C@@H](C=O)CCC(=O)O)NC(=O)CCC=CCN([C@H](C(=O)NCN)C(=O)[C@@H](N)Cc2ccccc2)C1=O. The number of carbonyl (C=O) groups is 8. The van der Waals surface area contributed by atoms with Crippen molar-refractivity contribution in [3.8, 4) is 0 Å². The van der Waals surface area contributed by atoms with Crippen molar-refractivity contribution in [1.29, 1.82) is 0 Å². The molecule has 0 unspecified atom stereocenters. The number of ketones is 3. The van der Waals surface area contributed by atoms with Gasteiger partial charge in [0, 0.05) is 19.4 Å². The summed E-state index contributed by atoms with van der Waals surface area (Å²) < 4.78 is 0. The van der Waals surface area contributed by atoms with E-state index in [0.29, 0.717) is 11.8 Å². The molecule has 0 radical (unpaired) electrons. The molecule has 1 heterocycles. The molecular weight excluding hydrogens is 656 g/mol. The molecule has 1 aliphatic heterocycles. The highest BCUT2D eigenvalue weighted by Gasteiger charge is 2.43. The predicted molar refractivity (Wildman–Crippen MR) is 177 cm³/mol. The molecule has 0 aromatic heterocycles. The van der Waals surface area contributed by atoms with Crippen LogP contribution in [0.15, 0.2) is 42.5 Å². The molecule has 0 bridgehead atoms. The van der Waals surface area contributed by atoms with Crippen molar-refractivity contribution in [2.24, 2.45) is 17.2 Å². The molecule has 1 aromatic rings. The molecule has 0 aliphatic carbocycles. The molecular formula is C32H46N8O10. The number of aliphatic carboxylic acids is 1. The Hall–Kier alpha value is -4.72. The zero-order valence-electron chi connectivity index (χ0n) is 27.7. The quantitative estimate of drug-likeness (QED) is 0.0343. The summed E-state index contributed by atoms with van der Waals surface area (Å²) in [4.78, 5) is 105. The highest BCUT2D eigenvalue weighted by atomic mass is 16.4. The smallest absolute Gasteiger partial charge is 0.303 e. The third kappa shape index (κ3) is 12.6. The summed E-state index contributed by atoms with van der Waals surface area (Å²) in [5.74, 6) is -6.89. The van der Waals surface area contributed by atoms with E-state index in [1.165, 1.54) is 19.1 Å². The van der Waals surface area contributed by atoms with E-state index in [4.69, 9.17) is 22.3 Å². The molecule has 1 aromatic carbocycles. The van der Waals surface area contributed by atoms with Crippen LogP contribution in [0.1, 0.15) is 38.2 Å². The molecule has 0 saturated heterocycles. The number of Topliss-reactive ketones (excluding diaryl/α,β-unsaturated/α-hetero) is 3. The van der Waals surface area contributed by atoms with Gasteiger partial charge in [-0.3, -0.25) is 44.2 Å². The maximum absolute atomic E-state index is 14.3. The van der Waals surface area contributed by atoms with Gasteiger partial charge in [-0.2, -0.15) is 0 Å². The van der Waals surface area contributed by atoms with Crippen LogP contribution in [0.25, 0.3) is 0 Å². The fraction of sp³-hybridized carbons (Fsp3) is 0.500. The van der Waals surface area contributed by atoms with Gasteiger partial charge < -0.3 is 47.7 Å². The van der Waals surface area contributed by atoms with Crippen LogP contribution in [0, 0.1) is 0 Å². The summed E-state index contributed by atoms with van der Waals surface area (Å²) in [6, 6.07) is 0.560. The second-order valence-corrected chi connectivity index (χ2v) is 11.6. The number of rotatable bonds is 16. The van der Waals surface area contributed by atoms with Crippen LogP contribution >= 0.6 is 0 Å². The molecule has 18 nitrogen and oxygen atoms in total. The summed E-state index contributed by atoms with van der Waals surface area (Å²) >= 11 is 0. The molecule has 12 N–H and O–H groups in total. The third-order valence-corrected chi connectivity index (χ3v) is 7.76. The van der Waals surface area contributed by atoms with Crippen molar-refractivity contribution in [1.82, 2.24) is 26.2 Å². The highest BCUT2D eigenvalue weighted by molar-refractivity contribution is 6.14. The fourth-order valence-electron chi connectivity index (χ4n) is 4.98. The van der Waals surface area contributed by atoms with Gasteiger partial charge in [0.05, 0.1) is 37.4 Å². The molecule has 0 spiro atoms. The summed E-state index contributed by atoms with van der Waals surface area (Å²) in [6.07, 6.45) is -0.600. The van der Waals surface area contributed by atoms with E-state index in [9.17, 15) is 43.5 Å². The van der Waals surface area contributed by atoms with Crippen LogP contribution in [-0.2, 0) is 44.8 Å². The zero-order chi connectivity index (χ0) is 37.4. The average molecular weight is 703 g/mol. The first kappa shape index (κ1) is 41.5. The number of nitrogens with one attached hydrogen (secondary N) is 4. The van der Waals surface area contributed by atoms with E-state index < -0.39 is 110 Å². The van der Waals surface area contributed by atoms with Gasteiger partial charge >= 0.3 is 5.97 Å². The Bertz CT molecular complexity index is 1410. The molecule has 50 heavy (non-hydrogen) atoms. The molecule has 18 heteroatoms. The molecule has 1 aliphatic rings. The molecule has 3 amide bonds. The van der Waals surface area contributed by atoms with Gasteiger partial charge in [0.1, 0.15) is 18.5 Å². The van der Waals surface area contributed by atoms with Gasteiger partial charge in [-0.25, -0.2) is 0 Å². The number of carboxylic acid groups (broad SMARTS) is 1. The summed E-state index contributed by atoms with van der Waals surface area (Å²) in [7, 11) is 0. The Morgan fingerprint density at radius 1 is 1.10 bits per heavy atom. The first-order valence-electron chi connectivity index (χ1n) is 15.9. The number of aldehydes is 1. The van der Waals surface area contributed by atoms with Crippen molar-refractivity contribution < 1.29 is 48.6 Å². The highest BCUT2D eigenvalue weighted by Crippen LogP contribution is 2.13. The second kappa shape index (κ2) is 20.7.